The summed E-state index contributed by atoms with van der Waals surface area (Å²) in [6.45, 7) is 5.83. The number of para-hydroxylation sites is 1. The summed E-state index contributed by atoms with van der Waals surface area (Å²) in [5.41, 5.74) is 2.62. The van der Waals surface area contributed by atoms with E-state index in [0.29, 0.717) is 5.92 Å². The summed E-state index contributed by atoms with van der Waals surface area (Å²) in [6.07, 6.45) is 3.27. The Balaban J connectivity index is 1.23. The molecular formula is C24H31N3O. The molecule has 2 aromatic rings. The first-order valence-corrected chi connectivity index (χ1v) is 10.6. The van der Waals surface area contributed by atoms with E-state index in [1.165, 1.54) is 11.3 Å². The second-order valence-electron chi connectivity index (χ2n) is 8.24. The normalized spacial score (nSPS) is 22.9. The molecule has 4 nitrogen and oxygen atoms in total. The molecule has 0 unspecified atom stereocenters. The number of amides is 1. The van der Waals surface area contributed by atoms with Gasteiger partial charge in [0.25, 0.3) is 0 Å². The second kappa shape index (κ2) is 9.24. The zero-order valence-electron chi connectivity index (χ0n) is 16.6. The topological polar surface area (TPSA) is 35.6 Å². The van der Waals surface area contributed by atoms with Crippen LogP contribution in [0.4, 0.5) is 5.69 Å². The number of piperidine rings is 1. The number of likely N-dealkylation sites (tertiary alicyclic amines) is 1. The van der Waals surface area contributed by atoms with Gasteiger partial charge in [0.15, 0.2) is 0 Å². The third kappa shape index (κ3) is 4.93. The lowest BCUT2D eigenvalue weighted by Gasteiger charge is -2.32. The predicted octanol–water partition coefficient (Wildman–Crippen LogP) is 3.54. The standard InChI is InChI=1S/C24H31N3O/c28-24(22-10-7-14-26(19-22)17-20-8-3-1-4-9-20)25-16-21-13-15-27(18-21)23-11-5-2-6-12-23/h1-6,8-9,11-12,21-22H,7,10,13-19H2,(H,25,28)/t21-,22+/m1/s1. The summed E-state index contributed by atoms with van der Waals surface area (Å²) in [5, 5.41) is 3.26. The molecule has 2 heterocycles. The molecule has 0 radical (unpaired) electrons. The summed E-state index contributed by atoms with van der Waals surface area (Å²) < 4.78 is 0. The summed E-state index contributed by atoms with van der Waals surface area (Å²) in [7, 11) is 0. The van der Waals surface area contributed by atoms with E-state index >= 15 is 0 Å². The molecule has 2 saturated heterocycles. The lowest BCUT2D eigenvalue weighted by atomic mass is 9.96. The van der Waals surface area contributed by atoms with Crippen molar-refractivity contribution in [2.75, 3.05) is 37.6 Å². The zero-order chi connectivity index (χ0) is 19.2. The van der Waals surface area contributed by atoms with Gasteiger partial charge in [-0.2, -0.15) is 0 Å². The first kappa shape index (κ1) is 19.0. The van der Waals surface area contributed by atoms with Crippen molar-refractivity contribution in [3.05, 3.63) is 66.2 Å². The molecule has 28 heavy (non-hydrogen) atoms. The number of carbonyl (C=O) groups is 1. The van der Waals surface area contributed by atoms with Gasteiger partial charge in [-0.15, -0.1) is 0 Å². The Hall–Kier alpha value is -2.33. The number of nitrogens with zero attached hydrogens (tertiary/aromatic N) is 2. The van der Waals surface area contributed by atoms with E-state index in [1.807, 2.05) is 0 Å². The summed E-state index contributed by atoms with van der Waals surface area (Å²) in [5.74, 6) is 0.924. The SMILES string of the molecule is O=C(NC[C@H]1CCN(c2ccccc2)C1)[C@H]1CCCN(Cc2ccccc2)C1. The van der Waals surface area contributed by atoms with Crippen molar-refractivity contribution in [3.8, 4) is 0 Å². The van der Waals surface area contributed by atoms with Crippen LogP contribution in [0.25, 0.3) is 0 Å². The van der Waals surface area contributed by atoms with E-state index in [-0.39, 0.29) is 11.8 Å². The maximum Gasteiger partial charge on any atom is 0.224 e. The van der Waals surface area contributed by atoms with Crippen molar-refractivity contribution in [1.82, 2.24) is 10.2 Å². The maximum absolute atomic E-state index is 12.8. The van der Waals surface area contributed by atoms with E-state index in [1.54, 1.807) is 0 Å². The third-order valence-corrected chi connectivity index (χ3v) is 6.10. The van der Waals surface area contributed by atoms with Crippen LogP contribution < -0.4 is 10.2 Å². The Morgan fingerprint density at radius 2 is 1.68 bits per heavy atom. The minimum atomic E-state index is 0.129. The zero-order valence-corrected chi connectivity index (χ0v) is 16.6. The average Bonchev–Trinajstić information content (AvgIpc) is 3.23. The number of hydrogen-bond donors (Lipinski definition) is 1. The lowest BCUT2D eigenvalue weighted by Crippen LogP contribution is -2.43. The van der Waals surface area contributed by atoms with Gasteiger partial charge in [0, 0.05) is 38.4 Å². The van der Waals surface area contributed by atoms with Gasteiger partial charge >= 0.3 is 0 Å². The summed E-state index contributed by atoms with van der Waals surface area (Å²) >= 11 is 0. The minimum Gasteiger partial charge on any atom is -0.371 e. The van der Waals surface area contributed by atoms with Crippen molar-refractivity contribution in [2.24, 2.45) is 11.8 Å². The monoisotopic (exact) mass is 377 g/mol. The molecule has 0 spiro atoms. The highest BCUT2D eigenvalue weighted by atomic mass is 16.1. The molecule has 2 aliphatic rings. The van der Waals surface area contributed by atoms with Crippen molar-refractivity contribution in [2.45, 2.75) is 25.8 Å². The molecule has 2 aromatic carbocycles. The van der Waals surface area contributed by atoms with Crippen LogP contribution in [0, 0.1) is 11.8 Å². The Morgan fingerprint density at radius 3 is 2.46 bits per heavy atom. The summed E-state index contributed by atoms with van der Waals surface area (Å²) in [6, 6.07) is 21.1. The minimum absolute atomic E-state index is 0.129. The molecule has 0 aliphatic carbocycles. The van der Waals surface area contributed by atoms with E-state index in [2.05, 4.69) is 75.8 Å². The van der Waals surface area contributed by atoms with Crippen LogP contribution in [0.15, 0.2) is 60.7 Å². The van der Waals surface area contributed by atoms with Crippen molar-refractivity contribution in [1.29, 1.82) is 0 Å². The Kier molecular flexibility index (Phi) is 6.27. The highest BCUT2D eigenvalue weighted by Crippen LogP contribution is 2.23. The molecule has 2 atom stereocenters. The van der Waals surface area contributed by atoms with Gasteiger partial charge in [-0.25, -0.2) is 0 Å². The average molecular weight is 378 g/mol. The largest absolute Gasteiger partial charge is 0.371 e. The van der Waals surface area contributed by atoms with Crippen molar-refractivity contribution >= 4 is 11.6 Å². The fourth-order valence-electron chi connectivity index (χ4n) is 4.52. The van der Waals surface area contributed by atoms with Gasteiger partial charge in [0.2, 0.25) is 5.91 Å². The van der Waals surface area contributed by atoms with Crippen LogP contribution in [-0.4, -0.2) is 43.5 Å². The van der Waals surface area contributed by atoms with Crippen molar-refractivity contribution < 1.29 is 4.79 Å². The molecule has 148 valence electrons. The smallest absolute Gasteiger partial charge is 0.224 e. The Labute approximate surface area is 168 Å². The molecule has 1 N–H and O–H groups in total. The van der Waals surface area contributed by atoms with Crippen LogP contribution in [0.1, 0.15) is 24.8 Å². The highest BCUT2D eigenvalue weighted by molar-refractivity contribution is 5.79. The first-order chi connectivity index (χ1) is 13.8. The van der Waals surface area contributed by atoms with Crippen LogP contribution in [0.3, 0.4) is 0 Å². The molecular weight excluding hydrogens is 346 g/mol. The van der Waals surface area contributed by atoms with Crippen LogP contribution in [0.5, 0.6) is 0 Å². The number of anilines is 1. The van der Waals surface area contributed by atoms with Gasteiger partial charge in [0.1, 0.15) is 0 Å². The van der Waals surface area contributed by atoms with Crippen LogP contribution >= 0.6 is 0 Å². The van der Waals surface area contributed by atoms with Gasteiger partial charge in [0.05, 0.1) is 5.92 Å². The molecule has 2 fully saturated rings. The lowest BCUT2D eigenvalue weighted by molar-refractivity contribution is -0.126. The first-order valence-electron chi connectivity index (χ1n) is 10.6. The molecule has 0 aromatic heterocycles. The van der Waals surface area contributed by atoms with Crippen LogP contribution in [0.2, 0.25) is 0 Å². The van der Waals surface area contributed by atoms with E-state index < -0.39 is 0 Å². The van der Waals surface area contributed by atoms with E-state index in [0.717, 1.165) is 58.5 Å². The number of hydrogen-bond acceptors (Lipinski definition) is 3. The van der Waals surface area contributed by atoms with E-state index in [4.69, 9.17) is 0 Å². The quantitative estimate of drug-likeness (QED) is 0.836. The van der Waals surface area contributed by atoms with Gasteiger partial charge in [-0.05, 0) is 49.4 Å². The second-order valence-corrected chi connectivity index (χ2v) is 8.24. The molecule has 1 amide bonds. The number of benzene rings is 2. The Morgan fingerprint density at radius 1 is 0.929 bits per heavy atom. The van der Waals surface area contributed by atoms with Crippen molar-refractivity contribution in [3.63, 3.8) is 0 Å². The van der Waals surface area contributed by atoms with Crippen LogP contribution in [-0.2, 0) is 11.3 Å². The molecule has 4 rings (SSSR count). The van der Waals surface area contributed by atoms with Gasteiger partial charge in [-0.1, -0.05) is 48.5 Å². The highest BCUT2D eigenvalue weighted by Gasteiger charge is 2.28. The molecule has 0 saturated carbocycles. The third-order valence-electron chi connectivity index (χ3n) is 6.10. The molecule has 2 aliphatic heterocycles. The molecule has 4 heteroatoms. The number of rotatable bonds is 6. The van der Waals surface area contributed by atoms with E-state index in [9.17, 15) is 4.79 Å². The molecule has 0 bridgehead atoms. The number of carbonyl (C=O) groups excluding carboxylic acids is 1. The maximum atomic E-state index is 12.8. The fraction of sp³-hybridized carbons (Fsp3) is 0.458. The van der Waals surface area contributed by atoms with Gasteiger partial charge < -0.3 is 10.2 Å². The Bertz CT molecular complexity index is 749. The van der Waals surface area contributed by atoms with Gasteiger partial charge in [-0.3, -0.25) is 9.69 Å². The fourth-order valence-corrected chi connectivity index (χ4v) is 4.52. The summed E-state index contributed by atoms with van der Waals surface area (Å²) in [4.78, 5) is 17.6. The predicted molar refractivity (Wildman–Crippen MR) is 114 cm³/mol. The number of nitrogens with one attached hydrogen (secondary N) is 1.